The molecule has 0 saturated heterocycles. The molecule has 0 saturated carbocycles. The lowest BCUT2D eigenvalue weighted by molar-refractivity contribution is 0.414. The Morgan fingerprint density at radius 1 is 0.960 bits per heavy atom. The highest BCUT2D eigenvalue weighted by atomic mass is 32.2. The molecule has 0 radical (unpaired) electrons. The Balaban J connectivity index is 1.85. The number of aliphatic imine (C=N–C) groups is 1. The molecule has 0 spiro atoms. The van der Waals surface area contributed by atoms with Crippen LogP contribution >= 0.6 is 11.8 Å². The van der Waals surface area contributed by atoms with E-state index in [-0.39, 0.29) is 0 Å². The Morgan fingerprint density at radius 2 is 1.56 bits per heavy atom. The maximum absolute atomic E-state index is 5.84. The van der Waals surface area contributed by atoms with Crippen molar-refractivity contribution in [3.05, 3.63) is 54.1 Å². The van der Waals surface area contributed by atoms with Crippen molar-refractivity contribution in [2.24, 2.45) is 4.99 Å². The number of benzene rings is 2. The molecule has 0 atom stereocenters. The van der Waals surface area contributed by atoms with Crippen molar-refractivity contribution in [1.29, 1.82) is 0 Å². The van der Waals surface area contributed by atoms with Crippen LogP contribution in [0.2, 0.25) is 0 Å². The van der Waals surface area contributed by atoms with Crippen molar-refractivity contribution in [3.63, 3.8) is 0 Å². The molecule has 0 bridgehead atoms. The van der Waals surface area contributed by atoms with Crippen LogP contribution in [0.25, 0.3) is 11.5 Å². The fourth-order valence-corrected chi connectivity index (χ4v) is 2.64. The van der Waals surface area contributed by atoms with Crippen LogP contribution in [0.3, 0.4) is 0 Å². The van der Waals surface area contributed by atoms with Gasteiger partial charge in [0.2, 0.25) is 5.89 Å². The first-order chi connectivity index (χ1) is 12.2. The first-order valence-electron chi connectivity index (χ1n) is 7.61. The highest BCUT2D eigenvalue weighted by Crippen LogP contribution is 2.33. The maximum Gasteiger partial charge on any atom is 0.254 e. The van der Waals surface area contributed by atoms with Crippen molar-refractivity contribution in [3.8, 4) is 23.0 Å². The molecule has 0 unspecified atom stereocenters. The van der Waals surface area contributed by atoms with Gasteiger partial charge < -0.3 is 13.9 Å². The minimum Gasteiger partial charge on any atom is -0.497 e. The number of aromatic nitrogens is 1. The van der Waals surface area contributed by atoms with Crippen molar-refractivity contribution < 1.29 is 13.9 Å². The van der Waals surface area contributed by atoms with E-state index in [4.69, 9.17) is 13.9 Å². The van der Waals surface area contributed by atoms with Crippen LogP contribution in [0.15, 0.2) is 63.0 Å². The summed E-state index contributed by atoms with van der Waals surface area (Å²) >= 11 is 1.50. The summed E-state index contributed by atoms with van der Waals surface area (Å²) in [5.41, 5.74) is 1.83. The summed E-state index contributed by atoms with van der Waals surface area (Å²) in [4.78, 5) is 8.96. The summed E-state index contributed by atoms with van der Waals surface area (Å²) in [7, 11) is 3.28. The van der Waals surface area contributed by atoms with Crippen LogP contribution < -0.4 is 9.47 Å². The Kier molecular flexibility index (Phi) is 5.40. The summed E-state index contributed by atoms with van der Waals surface area (Å²) in [5.74, 6) is 2.63. The van der Waals surface area contributed by atoms with Gasteiger partial charge >= 0.3 is 0 Å². The molecular weight excluding hydrogens is 336 g/mol. The standard InChI is InChI=1S/C19H18N2O3S/c1-22-15-8-4-13(5-9-15)12-20-18-19(25-3)21-17(24-18)14-6-10-16(23-2)11-7-14/h4-12H,1-3H3/b20-12+. The van der Waals surface area contributed by atoms with Crippen LogP contribution in [0, 0.1) is 0 Å². The van der Waals surface area contributed by atoms with Crippen molar-refractivity contribution in [2.75, 3.05) is 20.5 Å². The molecule has 0 aliphatic carbocycles. The van der Waals surface area contributed by atoms with Crippen molar-refractivity contribution >= 4 is 23.9 Å². The second-order valence-electron chi connectivity index (χ2n) is 5.09. The van der Waals surface area contributed by atoms with Crippen LogP contribution in [-0.2, 0) is 0 Å². The fourth-order valence-electron chi connectivity index (χ4n) is 2.19. The van der Waals surface area contributed by atoms with Crippen molar-refractivity contribution in [2.45, 2.75) is 5.03 Å². The Hall–Kier alpha value is -2.73. The van der Waals surface area contributed by atoms with Gasteiger partial charge in [0.1, 0.15) is 11.5 Å². The SMILES string of the molecule is COc1ccc(/C=N/c2oc(-c3ccc(OC)cc3)nc2SC)cc1. The van der Waals surface area contributed by atoms with Crippen LogP contribution in [0.1, 0.15) is 5.56 Å². The molecule has 5 nitrogen and oxygen atoms in total. The molecule has 0 N–H and O–H groups in total. The molecule has 1 heterocycles. The summed E-state index contributed by atoms with van der Waals surface area (Å²) in [6.45, 7) is 0. The van der Waals surface area contributed by atoms with Crippen LogP contribution in [-0.4, -0.2) is 31.7 Å². The lowest BCUT2D eigenvalue weighted by Gasteiger charge is -1.99. The zero-order valence-electron chi connectivity index (χ0n) is 14.2. The normalized spacial score (nSPS) is 11.0. The van der Waals surface area contributed by atoms with Crippen LogP contribution in [0.5, 0.6) is 11.5 Å². The Bertz CT molecular complexity index is 855. The fraction of sp³-hybridized carbons (Fsp3) is 0.158. The van der Waals surface area contributed by atoms with Gasteiger partial charge in [-0.25, -0.2) is 9.98 Å². The third-order valence-electron chi connectivity index (χ3n) is 3.56. The zero-order valence-corrected chi connectivity index (χ0v) is 15.0. The topological polar surface area (TPSA) is 56.9 Å². The number of ether oxygens (including phenoxy) is 2. The largest absolute Gasteiger partial charge is 0.497 e. The molecule has 2 aromatic carbocycles. The maximum atomic E-state index is 5.84. The van der Waals surface area contributed by atoms with Gasteiger partial charge in [0.15, 0.2) is 5.03 Å². The van der Waals surface area contributed by atoms with Gasteiger partial charge in [-0.15, -0.1) is 11.8 Å². The lowest BCUT2D eigenvalue weighted by atomic mass is 10.2. The van der Waals surface area contributed by atoms with Gasteiger partial charge in [-0.3, -0.25) is 0 Å². The van der Waals surface area contributed by atoms with Gasteiger partial charge in [-0.1, -0.05) is 0 Å². The smallest absolute Gasteiger partial charge is 0.254 e. The van der Waals surface area contributed by atoms with E-state index < -0.39 is 0 Å². The molecule has 3 rings (SSSR count). The molecule has 0 fully saturated rings. The van der Waals surface area contributed by atoms with Crippen LogP contribution in [0.4, 0.5) is 5.88 Å². The number of thioether (sulfide) groups is 1. The lowest BCUT2D eigenvalue weighted by Crippen LogP contribution is -1.84. The highest BCUT2D eigenvalue weighted by molar-refractivity contribution is 7.98. The molecule has 0 aliphatic rings. The van der Waals surface area contributed by atoms with Gasteiger partial charge in [-0.05, 0) is 60.4 Å². The third-order valence-corrected chi connectivity index (χ3v) is 4.21. The average molecular weight is 354 g/mol. The minimum absolute atomic E-state index is 0.495. The van der Waals surface area contributed by atoms with E-state index in [1.807, 2.05) is 54.8 Å². The zero-order chi connectivity index (χ0) is 17.6. The Labute approximate surface area is 150 Å². The second-order valence-corrected chi connectivity index (χ2v) is 5.89. The molecule has 3 aromatic rings. The van der Waals surface area contributed by atoms with E-state index in [1.165, 1.54) is 11.8 Å². The number of oxazole rings is 1. The highest BCUT2D eigenvalue weighted by Gasteiger charge is 2.13. The summed E-state index contributed by atoms with van der Waals surface area (Å²) in [6.07, 6.45) is 3.69. The van der Waals surface area contributed by atoms with E-state index in [0.717, 1.165) is 27.7 Å². The number of hydrogen-bond donors (Lipinski definition) is 0. The quantitative estimate of drug-likeness (QED) is 0.469. The average Bonchev–Trinajstić information content (AvgIpc) is 3.10. The third kappa shape index (κ3) is 4.03. The van der Waals surface area contributed by atoms with Crippen molar-refractivity contribution in [1.82, 2.24) is 4.98 Å². The predicted molar refractivity (Wildman–Crippen MR) is 101 cm³/mol. The monoisotopic (exact) mass is 354 g/mol. The minimum atomic E-state index is 0.495. The number of rotatable bonds is 6. The van der Waals surface area contributed by atoms with E-state index in [9.17, 15) is 0 Å². The van der Waals surface area contributed by atoms with E-state index >= 15 is 0 Å². The molecule has 0 aliphatic heterocycles. The molecule has 6 heteroatoms. The van der Waals surface area contributed by atoms with E-state index in [0.29, 0.717) is 11.8 Å². The Morgan fingerprint density at radius 3 is 2.12 bits per heavy atom. The first kappa shape index (κ1) is 17.1. The van der Waals surface area contributed by atoms with E-state index in [1.54, 1.807) is 20.4 Å². The van der Waals surface area contributed by atoms with Gasteiger partial charge in [-0.2, -0.15) is 0 Å². The molecule has 25 heavy (non-hydrogen) atoms. The first-order valence-corrected chi connectivity index (χ1v) is 8.83. The molecular formula is C19H18N2O3S. The summed E-state index contributed by atoms with van der Waals surface area (Å²) in [6, 6.07) is 15.2. The number of hydrogen-bond acceptors (Lipinski definition) is 6. The second kappa shape index (κ2) is 7.90. The predicted octanol–water partition coefficient (Wildman–Crippen LogP) is 4.83. The number of nitrogens with zero attached hydrogens (tertiary/aromatic N) is 2. The van der Waals surface area contributed by atoms with Gasteiger partial charge in [0, 0.05) is 11.8 Å². The molecule has 0 amide bonds. The number of methoxy groups -OCH3 is 2. The summed E-state index contributed by atoms with van der Waals surface area (Å²) < 4.78 is 16.2. The van der Waals surface area contributed by atoms with E-state index in [2.05, 4.69) is 9.98 Å². The molecule has 128 valence electrons. The summed E-state index contributed by atoms with van der Waals surface area (Å²) in [5, 5.41) is 0.746. The molecule has 1 aromatic heterocycles. The van der Waals surface area contributed by atoms with Gasteiger partial charge in [0.05, 0.1) is 14.2 Å². The van der Waals surface area contributed by atoms with Gasteiger partial charge in [0.25, 0.3) is 5.88 Å².